The molecule has 1 aromatic carbocycles. The molecule has 1 aliphatic heterocycles. The van der Waals surface area contributed by atoms with Crippen molar-refractivity contribution in [2.45, 2.75) is 19.3 Å². The Kier molecular flexibility index (Phi) is 3.89. The number of hydrogen-bond donors (Lipinski definition) is 1. The first-order chi connectivity index (χ1) is 9.42. The van der Waals surface area contributed by atoms with E-state index in [2.05, 4.69) is 20.2 Å². The highest BCUT2D eigenvalue weighted by molar-refractivity contribution is 5.75. The highest BCUT2D eigenvalue weighted by Gasteiger charge is 2.10. The predicted molar refractivity (Wildman–Crippen MR) is 78.3 cm³/mol. The van der Waals surface area contributed by atoms with Crippen LogP contribution in [0.25, 0.3) is 11.0 Å². The normalized spacial score (nSPS) is 16.0. The second-order valence-electron chi connectivity index (χ2n) is 5.07. The minimum absolute atomic E-state index is 0.875. The van der Waals surface area contributed by atoms with Crippen LogP contribution in [0.1, 0.15) is 19.3 Å². The summed E-state index contributed by atoms with van der Waals surface area (Å²) in [6.07, 6.45) is 5.71. The second kappa shape index (κ2) is 5.97. The van der Waals surface area contributed by atoms with Gasteiger partial charge in [0.1, 0.15) is 5.82 Å². The van der Waals surface area contributed by atoms with Crippen LogP contribution in [0.3, 0.4) is 0 Å². The zero-order valence-electron chi connectivity index (χ0n) is 11.2. The standard InChI is InChI=1S/C15H20N4/c1-2-7-14-13(6-1)17-12-15(18-14)16-8-5-11-19-9-3-4-10-19/h1-2,6-7,12H,3-5,8-11H2,(H,16,18). The summed E-state index contributed by atoms with van der Waals surface area (Å²) in [6, 6.07) is 7.96. The van der Waals surface area contributed by atoms with E-state index in [0.29, 0.717) is 0 Å². The van der Waals surface area contributed by atoms with Crippen LogP contribution < -0.4 is 5.32 Å². The summed E-state index contributed by atoms with van der Waals surface area (Å²) in [4.78, 5) is 11.5. The van der Waals surface area contributed by atoms with Gasteiger partial charge in [-0.15, -0.1) is 0 Å². The predicted octanol–water partition coefficient (Wildman–Crippen LogP) is 2.53. The Bertz CT molecular complexity index is 534. The molecule has 0 atom stereocenters. The third-order valence-electron chi connectivity index (χ3n) is 3.60. The molecule has 4 heteroatoms. The molecule has 0 radical (unpaired) electrons. The fourth-order valence-corrected chi connectivity index (χ4v) is 2.57. The highest BCUT2D eigenvalue weighted by Crippen LogP contribution is 2.11. The number of anilines is 1. The van der Waals surface area contributed by atoms with E-state index < -0.39 is 0 Å². The van der Waals surface area contributed by atoms with Gasteiger partial charge < -0.3 is 10.2 Å². The molecular formula is C15H20N4. The van der Waals surface area contributed by atoms with Crippen molar-refractivity contribution < 1.29 is 0 Å². The van der Waals surface area contributed by atoms with E-state index in [4.69, 9.17) is 0 Å². The van der Waals surface area contributed by atoms with Gasteiger partial charge in [0, 0.05) is 6.54 Å². The smallest absolute Gasteiger partial charge is 0.145 e. The summed E-state index contributed by atoms with van der Waals surface area (Å²) in [5.74, 6) is 0.875. The molecule has 1 aromatic heterocycles. The average Bonchev–Trinajstić information content (AvgIpc) is 2.97. The number of benzene rings is 1. The summed E-state index contributed by atoms with van der Waals surface area (Å²) in [7, 11) is 0. The van der Waals surface area contributed by atoms with E-state index in [1.807, 2.05) is 30.5 Å². The summed E-state index contributed by atoms with van der Waals surface area (Å²) in [6.45, 7) is 4.70. The lowest BCUT2D eigenvalue weighted by Gasteiger charge is -2.14. The minimum Gasteiger partial charge on any atom is -0.369 e. The number of aromatic nitrogens is 2. The molecule has 1 aliphatic rings. The van der Waals surface area contributed by atoms with Crippen molar-refractivity contribution >= 4 is 16.9 Å². The molecule has 2 heterocycles. The second-order valence-corrected chi connectivity index (χ2v) is 5.07. The Labute approximate surface area is 113 Å². The van der Waals surface area contributed by atoms with Crippen LogP contribution in [0.5, 0.6) is 0 Å². The van der Waals surface area contributed by atoms with Gasteiger partial charge in [0.25, 0.3) is 0 Å². The maximum atomic E-state index is 4.56. The Balaban J connectivity index is 1.50. The molecular weight excluding hydrogens is 236 g/mol. The van der Waals surface area contributed by atoms with Crippen molar-refractivity contribution in [3.05, 3.63) is 30.5 Å². The average molecular weight is 256 g/mol. The van der Waals surface area contributed by atoms with E-state index in [9.17, 15) is 0 Å². The van der Waals surface area contributed by atoms with Crippen LogP contribution in [0.15, 0.2) is 30.5 Å². The molecule has 0 bridgehead atoms. The van der Waals surface area contributed by atoms with Crippen LogP contribution in [0, 0.1) is 0 Å². The van der Waals surface area contributed by atoms with Crippen molar-refractivity contribution in [3.63, 3.8) is 0 Å². The van der Waals surface area contributed by atoms with Crippen LogP contribution >= 0.6 is 0 Å². The minimum atomic E-state index is 0.875. The van der Waals surface area contributed by atoms with Gasteiger partial charge in [-0.3, -0.25) is 4.98 Å². The van der Waals surface area contributed by atoms with Gasteiger partial charge in [-0.2, -0.15) is 0 Å². The third kappa shape index (κ3) is 3.20. The van der Waals surface area contributed by atoms with Gasteiger partial charge in [0.2, 0.25) is 0 Å². The van der Waals surface area contributed by atoms with Crippen LogP contribution in [0.2, 0.25) is 0 Å². The monoisotopic (exact) mass is 256 g/mol. The fraction of sp³-hybridized carbons (Fsp3) is 0.467. The summed E-state index contributed by atoms with van der Waals surface area (Å²) in [5, 5.41) is 3.36. The molecule has 1 N–H and O–H groups in total. The number of rotatable bonds is 5. The molecule has 19 heavy (non-hydrogen) atoms. The Morgan fingerprint density at radius 3 is 2.74 bits per heavy atom. The molecule has 2 aromatic rings. The number of nitrogens with one attached hydrogen (secondary N) is 1. The van der Waals surface area contributed by atoms with Crippen molar-refractivity contribution in [1.29, 1.82) is 0 Å². The molecule has 0 amide bonds. The van der Waals surface area contributed by atoms with Crippen molar-refractivity contribution in [2.24, 2.45) is 0 Å². The maximum absolute atomic E-state index is 4.56. The molecule has 3 rings (SSSR count). The molecule has 0 aliphatic carbocycles. The quantitative estimate of drug-likeness (QED) is 0.835. The van der Waals surface area contributed by atoms with Gasteiger partial charge in [0.15, 0.2) is 0 Å². The molecule has 1 saturated heterocycles. The maximum Gasteiger partial charge on any atom is 0.145 e. The van der Waals surface area contributed by atoms with Crippen molar-refractivity contribution in [3.8, 4) is 0 Å². The van der Waals surface area contributed by atoms with E-state index in [-0.39, 0.29) is 0 Å². The summed E-state index contributed by atoms with van der Waals surface area (Å²) >= 11 is 0. The van der Waals surface area contributed by atoms with Gasteiger partial charge in [-0.25, -0.2) is 4.98 Å². The highest BCUT2D eigenvalue weighted by atomic mass is 15.1. The van der Waals surface area contributed by atoms with Crippen LogP contribution in [0.4, 0.5) is 5.82 Å². The van der Waals surface area contributed by atoms with E-state index >= 15 is 0 Å². The first kappa shape index (κ1) is 12.4. The van der Waals surface area contributed by atoms with Gasteiger partial charge in [0.05, 0.1) is 17.2 Å². The van der Waals surface area contributed by atoms with Crippen molar-refractivity contribution in [1.82, 2.24) is 14.9 Å². The molecule has 0 unspecified atom stereocenters. The van der Waals surface area contributed by atoms with Gasteiger partial charge in [-0.05, 0) is 51.0 Å². The van der Waals surface area contributed by atoms with Gasteiger partial charge in [-0.1, -0.05) is 12.1 Å². The van der Waals surface area contributed by atoms with Crippen LogP contribution in [-0.4, -0.2) is 41.0 Å². The summed E-state index contributed by atoms with van der Waals surface area (Å²) in [5.41, 5.74) is 1.90. The van der Waals surface area contributed by atoms with E-state index in [1.165, 1.54) is 32.5 Å². The molecule has 1 fully saturated rings. The summed E-state index contributed by atoms with van der Waals surface area (Å²) < 4.78 is 0. The lowest BCUT2D eigenvalue weighted by atomic mass is 10.3. The first-order valence-corrected chi connectivity index (χ1v) is 7.10. The zero-order valence-corrected chi connectivity index (χ0v) is 11.2. The van der Waals surface area contributed by atoms with Crippen molar-refractivity contribution in [2.75, 3.05) is 31.5 Å². The number of fused-ring (bicyclic) bond motifs is 1. The first-order valence-electron chi connectivity index (χ1n) is 7.10. The lowest BCUT2D eigenvalue weighted by molar-refractivity contribution is 0.337. The number of hydrogen-bond acceptors (Lipinski definition) is 4. The fourth-order valence-electron chi connectivity index (χ4n) is 2.57. The Hall–Kier alpha value is -1.68. The van der Waals surface area contributed by atoms with Crippen LogP contribution in [-0.2, 0) is 0 Å². The van der Waals surface area contributed by atoms with Gasteiger partial charge >= 0.3 is 0 Å². The largest absolute Gasteiger partial charge is 0.369 e. The zero-order chi connectivity index (χ0) is 12.9. The Morgan fingerprint density at radius 2 is 1.89 bits per heavy atom. The number of likely N-dealkylation sites (tertiary alicyclic amines) is 1. The topological polar surface area (TPSA) is 41.1 Å². The third-order valence-corrected chi connectivity index (χ3v) is 3.60. The molecule has 100 valence electrons. The van der Waals surface area contributed by atoms with E-state index in [0.717, 1.165) is 29.8 Å². The molecule has 0 saturated carbocycles. The number of para-hydroxylation sites is 2. The SMILES string of the molecule is c1ccc2nc(NCCCN3CCCC3)cnc2c1. The molecule has 0 spiro atoms. The Morgan fingerprint density at radius 1 is 1.11 bits per heavy atom. The molecule has 4 nitrogen and oxygen atoms in total. The number of nitrogens with zero attached hydrogens (tertiary/aromatic N) is 3. The van der Waals surface area contributed by atoms with E-state index in [1.54, 1.807) is 0 Å². The lowest BCUT2D eigenvalue weighted by Crippen LogP contribution is -2.22.